The molecule has 0 aliphatic carbocycles. The maximum atomic E-state index is 13.8. The molecule has 1 saturated heterocycles. The molecule has 2 aromatic rings. The number of nitrogens with one attached hydrogen (secondary N) is 1. The van der Waals surface area contributed by atoms with Crippen LogP contribution in [-0.4, -0.2) is 36.5 Å². The third-order valence-electron chi connectivity index (χ3n) is 4.89. The topological polar surface area (TPSA) is 45.5 Å². The summed E-state index contributed by atoms with van der Waals surface area (Å²) in [6, 6.07) is 10.4. The van der Waals surface area contributed by atoms with Gasteiger partial charge in [-0.15, -0.1) is 0 Å². The number of hydrogen-bond acceptors (Lipinski definition) is 3. The fraction of sp³-hybridized carbons (Fsp3) is 0.476. The molecule has 1 fully saturated rings. The number of carbonyl (C=O) groups excluding carboxylic acids is 1. The molecular formula is C21H27FN2O2. The van der Waals surface area contributed by atoms with Crippen molar-refractivity contribution in [3.8, 4) is 11.3 Å². The van der Waals surface area contributed by atoms with E-state index in [-0.39, 0.29) is 17.8 Å². The second kappa shape index (κ2) is 8.99. The third-order valence-corrected chi connectivity index (χ3v) is 4.89. The first-order valence-corrected chi connectivity index (χ1v) is 9.51. The lowest BCUT2D eigenvalue weighted by atomic mass is 10.0. The quantitative estimate of drug-likeness (QED) is 0.813. The molecule has 0 spiro atoms. The van der Waals surface area contributed by atoms with Crippen LogP contribution < -0.4 is 5.32 Å². The lowest BCUT2D eigenvalue weighted by Gasteiger charge is -2.32. The molecule has 4 nitrogen and oxygen atoms in total. The zero-order chi connectivity index (χ0) is 18.4. The van der Waals surface area contributed by atoms with Gasteiger partial charge in [-0.2, -0.15) is 0 Å². The van der Waals surface area contributed by atoms with Crippen molar-refractivity contribution < 1.29 is 13.6 Å². The van der Waals surface area contributed by atoms with E-state index in [0.717, 1.165) is 32.5 Å². The van der Waals surface area contributed by atoms with E-state index < -0.39 is 0 Å². The number of halogens is 1. The van der Waals surface area contributed by atoms with Crippen LogP contribution in [0.25, 0.3) is 11.3 Å². The maximum absolute atomic E-state index is 13.8. The largest absolute Gasteiger partial charge is 0.461 e. The number of benzene rings is 1. The van der Waals surface area contributed by atoms with Crippen molar-refractivity contribution in [2.75, 3.05) is 19.6 Å². The van der Waals surface area contributed by atoms with Crippen molar-refractivity contribution in [1.82, 2.24) is 10.2 Å². The van der Waals surface area contributed by atoms with Gasteiger partial charge in [-0.25, -0.2) is 4.39 Å². The summed E-state index contributed by atoms with van der Waals surface area (Å²) < 4.78 is 19.5. The average Bonchev–Trinajstić information content (AvgIpc) is 3.11. The number of likely N-dealkylation sites (tertiary alicyclic amines) is 1. The number of furan rings is 1. The van der Waals surface area contributed by atoms with Crippen LogP contribution in [0.3, 0.4) is 0 Å². The highest BCUT2D eigenvalue weighted by Gasteiger charge is 2.20. The Labute approximate surface area is 154 Å². The highest BCUT2D eigenvalue weighted by molar-refractivity contribution is 5.76. The minimum atomic E-state index is -0.305. The fourth-order valence-corrected chi connectivity index (χ4v) is 3.47. The van der Waals surface area contributed by atoms with E-state index in [1.807, 2.05) is 6.07 Å². The first kappa shape index (κ1) is 18.6. The van der Waals surface area contributed by atoms with E-state index in [2.05, 4.69) is 17.1 Å². The lowest BCUT2D eigenvalue weighted by molar-refractivity contribution is -0.122. The second-order valence-corrected chi connectivity index (χ2v) is 6.93. The molecule has 1 aliphatic rings. The monoisotopic (exact) mass is 358 g/mol. The number of hydrogen-bond donors (Lipinski definition) is 1. The Bertz CT molecular complexity index is 720. The van der Waals surface area contributed by atoms with Crippen LogP contribution >= 0.6 is 0 Å². The van der Waals surface area contributed by atoms with Crippen LogP contribution in [0.2, 0.25) is 0 Å². The van der Waals surface area contributed by atoms with Gasteiger partial charge in [0.15, 0.2) is 0 Å². The summed E-state index contributed by atoms with van der Waals surface area (Å²) in [5.74, 6) is 0.960. The predicted molar refractivity (Wildman–Crippen MR) is 100 cm³/mol. The van der Waals surface area contributed by atoms with E-state index >= 15 is 0 Å². The second-order valence-electron chi connectivity index (χ2n) is 6.93. The highest BCUT2D eigenvalue weighted by atomic mass is 19.1. The summed E-state index contributed by atoms with van der Waals surface area (Å²) >= 11 is 0. The number of nitrogens with zero attached hydrogens (tertiary/aromatic N) is 1. The van der Waals surface area contributed by atoms with Gasteiger partial charge < -0.3 is 14.6 Å². The van der Waals surface area contributed by atoms with Gasteiger partial charge in [0.25, 0.3) is 0 Å². The zero-order valence-electron chi connectivity index (χ0n) is 15.3. The molecule has 26 heavy (non-hydrogen) atoms. The van der Waals surface area contributed by atoms with E-state index in [1.165, 1.54) is 12.5 Å². The van der Waals surface area contributed by atoms with Crippen molar-refractivity contribution >= 4 is 5.91 Å². The van der Waals surface area contributed by atoms with Crippen molar-refractivity contribution in [2.24, 2.45) is 0 Å². The fourth-order valence-electron chi connectivity index (χ4n) is 3.47. The van der Waals surface area contributed by atoms with Gasteiger partial charge in [0.2, 0.25) is 5.91 Å². The SMILES string of the molecule is CCCN1CCC(NC(=O)CCc2ccc(-c3ccccc3F)o2)CC1. The van der Waals surface area contributed by atoms with Gasteiger partial charge in [-0.05, 0) is 50.1 Å². The van der Waals surface area contributed by atoms with Crippen LogP contribution in [-0.2, 0) is 11.2 Å². The minimum absolute atomic E-state index is 0.0581. The Kier molecular flexibility index (Phi) is 6.45. The van der Waals surface area contributed by atoms with Crippen molar-refractivity contribution in [3.63, 3.8) is 0 Å². The summed E-state index contributed by atoms with van der Waals surface area (Å²) in [5, 5.41) is 3.13. The molecule has 5 heteroatoms. The van der Waals surface area contributed by atoms with Crippen LogP contribution in [0.5, 0.6) is 0 Å². The van der Waals surface area contributed by atoms with E-state index in [0.29, 0.717) is 29.9 Å². The lowest BCUT2D eigenvalue weighted by Crippen LogP contribution is -2.44. The van der Waals surface area contributed by atoms with Crippen LogP contribution in [0, 0.1) is 5.82 Å². The molecular weight excluding hydrogens is 331 g/mol. The van der Waals surface area contributed by atoms with Gasteiger partial charge in [0.1, 0.15) is 17.3 Å². The molecule has 1 N–H and O–H groups in total. The zero-order valence-corrected chi connectivity index (χ0v) is 15.3. The van der Waals surface area contributed by atoms with Gasteiger partial charge in [-0.3, -0.25) is 4.79 Å². The number of amides is 1. The van der Waals surface area contributed by atoms with Crippen molar-refractivity contribution in [2.45, 2.75) is 45.1 Å². The maximum Gasteiger partial charge on any atom is 0.220 e. The molecule has 140 valence electrons. The van der Waals surface area contributed by atoms with Gasteiger partial charge >= 0.3 is 0 Å². The van der Waals surface area contributed by atoms with Crippen molar-refractivity contribution in [1.29, 1.82) is 0 Å². The third kappa shape index (κ3) is 4.94. The van der Waals surface area contributed by atoms with Gasteiger partial charge in [0.05, 0.1) is 5.56 Å². The van der Waals surface area contributed by atoms with Crippen LogP contribution in [0.4, 0.5) is 4.39 Å². The van der Waals surface area contributed by atoms with E-state index in [1.54, 1.807) is 24.3 Å². The Morgan fingerprint density at radius 2 is 2.00 bits per heavy atom. The van der Waals surface area contributed by atoms with Crippen LogP contribution in [0.15, 0.2) is 40.8 Å². The predicted octanol–water partition coefficient (Wildman–Crippen LogP) is 4.01. The molecule has 1 aromatic heterocycles. The molecule has 0 saturated carbocycles. The summed E-state index contributed by atoms with van der Waals surface area (Å²) in [4.78, 5) is 14.7. The molecule has 1 aliphatic heterocycles. The molecule has 1 amide bonds. The molecule has 0 atom stereocenters. The average molecular weight is 358 g/mol. The van der Waals surface area contributed by atoms with Gasteiger partial charge in [-0.1, -0.05) is 19.1 Å². The van der Waals surface area contributed by atoms with Gasteiger partial charge in [0, 0.05) is 32.0 Å². The number of rotatable bonds is 7. The Morgan fingerprint density at radius 1 is 1.23 bits per heavy atom. The molecule has 0 unspecified atom stereocenters. The summed E-state index contributed by atoms with van der Waals surface area (Å²) in [6.45, 7) is 5.45. The minimum Gasteiger partial charge on any atom is -0.461 e. The van der Waals surface area contributed by atoms with E-state index in [9.17, 15) is 9.18 Å². The number of aryl methyl sites for hydroxylation is 1. The normalized spacial score (nSPS) is 15.9. The Morgan fingerprint density at radius 3 is 2.73 bits per heavy atom. The molecule has 0 bridgehead atoms. The first-order valence-electron chi connectivity index (χ1n) is 9.51. The molecule has 3 rings (SSSR count). The Balaban J connectivity index is 1.45. The molecule has 1 aromatic carbocycles. The summed E-state index contributed by atoms with van der Waals surface area (Å²) in [5.41, 5.74) is 0.446. The molecule has 2 heterocycles. The number of piperidine rings is 1. The molecule has 0 radical (unpaired) electrons. The van der Waals surface area contributed by atoms with E-state index in [4.69, 9.17) is 4.42 Å². The van der Waals surface area contributed by atoms with Crippen molar-refractivity contribution in [3.05, 3.63) is 48.0 Å². The first-order chi connectivity index (χ1) is 12.7. The summed E-state index contributed by atoms with van der Waals surface area (Å²) in [7, 11) is 0. The standard InChI is InChI=1S/C21H27FN2O2/c1-2-13-24-14-11-16(12-15-24)23-21(25)10-8-17-7-9-20(26-17)18-5-3-4-6-19(18)22/h3-7,9,16H,2,8,10-15H2,1H3,(H,23,25). The highest BCUT2D eigenvalue weighted by Crippen LogP contribution is 2.25. The smallest absolute Gasteiger partial charge is 0.220 e. The summed E-state index contributed by atoms with van der Waals surface area (Å²) in [6.07, 6.45) is 4.12. The number of carbonyl (C=O) groups is 1. The van der Waals surface area contributed by atoms with Crippen LogP contribution in [0.1, 0.15) is 38.4 Å². The Hall–Kier alpha value is -2.14.